The quantitative estimate of drug-likeness (QED) is 0.329. The highest BCUT2D eigenvalue weighted by Gasteiger charge is 2.25. The van der Waals surface area contributed by atoms with Crippen molar-refractivity contribution in [2.75, 3.05) is 0 Å². The zero-order valence-electron chi connectivity index (χ0n) is 23.9. The molecule has 2 aromatic carbocycles. The summed E-state index contributed by atoms with van der Waals surface area (Å²) >= 11 is 0. The van der Waals surface area contributed by atoms with Crippen molar-refractivity contribution in [3.8, 4) is 17.5 Å². The maximum absolute atomic E-state index is 14.2. The van der Waals surface area contributed by atoms with Crippen LogP contribution < -0.4 is 10.9 Å². The van der Waals surface area contributed by atoms with Gasteiger partial charge in [0, 0.05) is 30.2 Å². The second-order valence-electron chi connectivity index (χ2n) is 10.2. The Kier molecular flexibility index (Phi) is 6.63. The fourth-order valence-electron chi connectivity index (χ4n) is 5.12. The summed E-state index contributed by atoms with van der Waals surface area (Å²) in [4.78, 5) is 37.4. The first-order chi connectivity index (χ1) is 20.2. The molecule has 0 spiro atoms. The van der Waals surface area contributed by atoms with Crippen molar-refractivity contribution < 1.29 is 4.79 Å². The van der Waals surface area contributed by atoms with Gasteiger partial charge in [-0.25, -0.2) is 14.5 Å². The van der Waals surface area contributed by atoms with E-state index in [1.54, 1.807) is 34.5 Å². The monoisotopic (exact) mass is 556 g/mol. The number of carbonyl (C=O) groups excluding carboxylic acids is 1. The average Bonchev–Trinajstić information content (AvgIpc) is 3.53. The Hall–Kier alpha value is -5.56. The standard InChI is InChI=1S/C32H28N8O2/c1-19-16-20(2)40-30(34-19)27(21(3)37-40)31(41)35-22(4)29-36-26-13-9-10-24(15-14-23-17-33-38(5)18-23)28(26)32(42)39(29)25-11-7-6-8-12-25/h6-13,16-18,22H,1-5H3,(H,35,41)/t22-/m1/s1. The number of hydrogen-bond acceptors (Lipinski definition) is 6. The van der Waals surface area contributed by atoms with E-state index >= 15 is 0 Å². The first-order valence-corrected chi connectivity index (χ1v) is 13.5. The lowest BCUT2D eigenvalue weighted by atomic mass is 10.1. The minimum atomic E-state index is -0.639. The van der Waals surface area contributed by atoms with Crippen LogP contribution in [0.25, 0.3) is 22.2 Å². The second kappa shape index (κ2) is 10.4. The van der Waals surface area contributed by atoms with Gasteiger partial charge in [-0.05, 0) is 58.0 Å². The number of aryl methyl sites for hydroxylation is 4. The maximum atomic E-state index is 14.2. The van der Waals surface area contributed by atoms with Crippen molar-refractivity contribution in [3.63, 3.8) is 0 Å². The number of rotatable bonds is 4. The number of para-hydroxylation sites is 1. The number of benzene rings is 2. The number of carbonyl (C=O) groups is 1. The first kappa shape index (κ1) is 26.7. The molecule has 1 atom stereocenters. The number of aromatic nitrogens is 7. The van der Waals surface area contributed by atoms with Gasteiger partial charge < -0.3 is 5.32 Å². The molecule has 0 aliphatic heterocycles. The van der Waals surface area contributed by atoms with E-state index in [1.165, 1.54) is 4.57 Å². The molecule has 0 radical (unpaired) electrons. The molecule has 1 N–H and O–H groups in total. The number of nitrogens with one attached hydrogen (secondary N) is 1. The zero-order valence-corrected chi connectivity index (χ0v) is 23.9. The molecule has 0 bridgehead atoms. The van der Waals surface area contributed by atoms with Gasteiger partial charge in [-0.1, -0.05) is 36.1 Å². The normalized spacial score (nSPS) is 11.8. The summed E-state index contributed by atoms with van der Waals surface area (Å²) < 4.78 is 4.88. The third kappa shape index (κ3) is 4.71. The van der Waals surface area contributed by atoms with Gasteiger partial charge in [0.1, 0.15) is 11.4 Å². The first-order valence-electron chi connectivity index (χ1n) is 13.5. The molecule has 10 heteroatoms. The Morgan fingerprint density at radius 1 is 1.00 bits per heavy atom. The molecular formula is C32H28N8O2. The van der Waals surface area contributed by atoms with Crippen LogP contribution in [0.2, 0.25) is 0 Å². The van der Waals surface area contributed by atoms with E-state index in [0.29, 0.717) is 44.9 Å². The lowest BCUT2D eigenvalue weighted by Gasteiger charge is -2.20. The fourth-order valence-corrected chi connectivity index (χ4v) is 5.12. The topological polar surface area (TPSA) is 112 Å². The van der Waals surface area contributed by atoms with Crippen LogP contribution in [-0.2, 0) is 7.05 Å². The molecule has 0 aliphatic carbocycles. The molecule has 4 aromatic heterocycles. The third-order valence-electron chi connectivity index (χ3n) is 7.02. The van der Waals surface area contributed by atoms with Crippen LogP contribution in [0.15, 0.2) is 71.8 Å². The van der Waals surface area contributed by atoms with E-state index in [2.05, 4.69) is 32.3 Å². The van der Waals surface area contributed by atoms with Gasteiger partial charge in [0.15, 0.2) is 5.65 Å². The van der Waals surface area contributed by atoms with Crippen molar-refractivity contribution in [2.24, 2.45) is 7.05 Å². The van der Waals surface area contributed by atoms with Crippen molar-refractivity contribution in [1.29, 1.82) is 0 Å². The number of fused-ring (bicyclic) bond motifs is 2. The maximum Gasteiger partial charge on any atom is 0.267 e. The van der Waals surface area contributed by atoms with Crippen LogP contribution in [0.5, 0.6) is 0 Å². The highest BCUT2D eigenvalue weighted by molar-refractivity contribution is 6.01. The lowest BCUT2D eigenvalue weighted by molar-refractivity contribution is 0.0938. The summed E-state index contributed by atoms with van der Waals surface area (Å²) in [7, 11) is 1.82. The van der Waals surface area contributed by atoms with Crippen LogP contribution in [0, 0.1) is 32.6 Å². The molecule has 6 aromatic rings. The second-order valence-corrected chi connectivity index (χ2v) is 10.2. The van der Waals surface area contributed by atoms with Crippen molar-refractivity contribution in [2.45, 2.75) is 33.7 Å². The van der Waals surface area contributed by atoms with Crippen LogP contribution in [0.4, 0.5) is 0 Å². The number of nitrogens with zero attached hydrogens (tertiary/aromatic N) is 7. The molecule has 1 amide bonds. The summed E-state index contributed by atoms with van der Waals surface area (Å²) in [6, 6.07) is 15.9. The smallest absolute Gasteiger partial charge is 0.267 e. The van der Waals surface area contributed by atoms with Crippen molar-refractivity contribution in [3.05, 3.63) is 117 Å². The van der Waals surface area contributed by atoms with E-state index in [1.807, 2.05) is 76.5 Å². The van der Waals surface area contributed by atoms with E-state index in [4.69, 9.17) is 4.98 Å². The lowest BCUT2D eigenvalue weighted by Crippen LogP contribution is -2.33. The minimum absolute atomic E-state index is 0.279. The Balaban J connectivity index is 1.47. The van der Waals surface area contributed by atoms with Gasteiger partial charge >= 0.3 is 0 Å². The average molecular weight is 557 g/mol. The summed E-state index contributed by atoms with van der Waals surface area (Å²) in [6.45, 7) is 7.39. The molecule has 0 fully saturated rings. The Bertz CT molecular complexity index is 2130. The molecule has 208 valence electrons. The third-order valence-corrected chi connectivity index (χ3v) is 7.02. The van der Waals surface area contributed by atoms with E-state index in [0.717, 1.165) is 17.0 Å². The van der Waals surface area contributed by atoms with Crippen LogP contribution in [0.1, 0.15) is 57.4 Å². The number of amides is 1. The van der Waals surface area contributed by atoms with Gasteiger partial charge in [0.05, 0.1) is 40.1 Å². The Morgan fingerprint density at radius 3 is 2.52 bits per heavy atom. The van der Waals surface area contributed by atoms with Crippen molar-refractivity contribution in [1.82, 2.24) is 39.2 Å². The van der Waals surface area contributed by atoms with Gasteiger partial charge in [0.25, 0.3) is 11.5 Å². The van der Waals surface area contributed by atoms with Crippen molar-refractivity contribution >= 4 is 22.5 Å². The largest absolute Gasteiger partial charge is 0.342 e. The summed E-state index contributed by atoms with van der Waals surface area (Å²) in [5.41, 5.74) is 5.23. The highest BCUT2D eigenvalue weighted by atomic mass is 16.2. The predicted octanol–water partition coefficient (Wildman–Crippen LogP) is 3.98. The fraction of sp³-hybridized carbons (Fsp3) is 0.188. The predicted molar refractivity (Wildman–Crippen MR) is 160 cm³/mol. The molecule has 0 saturated carbocycles. The molecule has 10 nitrogen and oxygen atoms in total. The van der Waals surface area contributed by atoms with Crippen LogP contribution >= 0.6 is 0 Å². The van der Waals surface area contributed by atoms with Gasteiger partial charge in [-0.15, -0.1) is 0 Å². The Labute approximate surface area is 241 Å². The minimum Gasteiger partial charge on any atom is -0.342 e. The van der Waals surface area contributed by atoms with Gasteiger partial charge in [-0.3, -0.25) is 18.8 Å². The van der Waals surface area contributed by atoms with E-state index in [-0.39, 0.29) is 11.5 Å². The van der Waals surface area contributed by atoms with Crippen LogP contribution in [-0.4, -0.2) is 39.8 Å². The summed E-state index contributed by atoms with van der Waals surface area (Å²) in [6.07, 6.45) is 3.48. The SMILES string of the molecule is Cc1cc(C)n2nc(C)c(C(=O)N[C@H](C)c3nc4cccc(C#Cc5cnn(C)c5)c4c(=O)n3-c3ccccc3)c2n1. The highest BCUT2D eigenvalue weighted by Crippen LogP contribution is 2.22. The molecular weight excluding hydrogens is 528 g/mol. The number of hydrogen-bond donors (Lipinski definition) is 1. The van der Waals surface area contributed by atoms with Gasteiger partial charge in [0.2, 0.25) is 0 Å². The molecule has 42 heavy (non-hydrogen) atoms. The molecule has 6 rings (SSSR count). The zero-order chi connectivity index (χ0) is 29.5. The molecule has 0 aliphatic rings. The summed E-state index contributed by atoms with van der Waals surface area (Å²) in [5, 5.41) is 12.1. The Morgan fingerprint density at radius 2 is 1.79 bits per heavy atom. The summed E-state index contributed by atoms with van der Waals surface area (Å²) in [5.74, 6) is 6.25. The molecule has 0 saturated heterocycles. The van der Waals surface area contributed by atoms with Gasteiger partial charge in [-0.2, -0.15) is 10.2 Å². The molecule has 4 heterocycles. The molecule has 0 unspecified atom stereocenters. The van der Waals surface area contributed by atoms with E-state index in [9.17, 15) is 9.59 Å². The van der Waals surface area contributed by atoms with E-state index < -0.39 is 6.04 Å². The van der Waals surface area contributed by atoms with Crippen LogP contribution in [0.3, 0.4) is 0 Å².